The summed E-state index contributed by atoms with van der Waals surface area (Å²) in [7, 11) is 3.00. The molecule has 0 aliphatic rings. The van der Waals surface area contributed by atoms with Gasteiger partial charge in [0.15, 0.2) is 11.5 Å². The number of benzene rings is 4. The number of nitrogens with zero attached hydrogens (tertiary/aromatic N) is 1. The van der Waals surface area contributed by atoms with E-state index in [1.54, 1.807) is 92.0 Å². The first kappa shape index (κ1) is 28.5. The molecule has 0 aromatic heterocycles. The Hall–Kier alpha value is -4.53. The third-order valence-corrected chi connectivity index (χ3v) is 6.21. The SMILES string of the molecule is COc1ccc(C(=O)Oc2ccc(/C=N/NC(=O)c3ccc(OCc4ccc(Cl)cc4Cl)cc3)cc2OC)cc1. The standard InChI is InChI=1S/C30H24Cl2N2O6/c1-37-24-10-7-21(8-11-24)30(36)40-27-14-3-19(15-28(27)38-2)17-33-34-29(35)20-5-12-25(13-6-20)39-18-22-4-9-23(31)16-26(22)32/h3-17H,18H2,1-2H3,(H,34,35)/b33-17+. The minimum absolute atomic E-state index is 0.241. The van der Waals surface area contributed by atoms with Gasteiger partial charge in [0.1, 0.15) is 18.1 Å². The summed E-state index contributed by atoms with van der Waals surface area (Å²) in [5, 5.41) is 5.07. The Morgan fingerprint density at radius 2 is 1.50 bits per heavy atom. The molecule has 4 rings (SSSR count). The lowest BCUT2D eigenvalue weighted by Crippen LogP contribution is -2.17. The second kappa shape index (κ2) is 13.5. The third kappa shape index (κ3) is 7.53. The van der Waals surface area contributed by atoms with Gasteiger partial charge in [0.05, 0.1) is 26.0 Å². The number of rotatable bonds is 10. The Balaban J connectivity index is 1.32. The molecule has 10 heteroatoms. The maximum absolute atomic E-state index is 12.5. The van der Waals surface area contributed by atoms with Gasteiger partial charge in [-0.15, -0.1) is 0 Å². The molecular formula is C30H24Cl2N2O6. The highest BCUT2D eigenvalue weighted by Gasteiger charge is 2.13. The van der Waals surface area contributed by atoms with Crippen LogP contribution in [0.3, 0.4) is 0 Å². The van der Waals surface area contributed by atoms with Gasteiger partial charge in [-0.3, -0.25) is 4.79 Å². The van der Waals surface area contributed by atoms with Crippen molar-refractivity contribution in [2.75, 3.05) is 14.2 Å². The quantitative estimate of drug-likeness (QED) is 0.0988. The van der Waals surface area contributed by atoms with Gasteiger partial charge in [-0.1, -0.05) is 29.3 Å². The van der Waals surface area contributed by atoms with Crippen LogP contribution in [-0.2, 0) is 6.61 Å². The largest absolute Gasteiger partial charge is 0.497 e. The molecule has 0 heterocycles. The molecule has 8 nitrogen and oxygen atoms in total. The summed E-state index contributed by atoms with van der Waals surface area (Å²) in [5.41, 5.74) is 4.64. The molecule has 0 saturated heterocycles. The molecule has 0 aliphatic carbocycles. The molecule has 0 aliphatic heterocycles. The van der Waals surface area contributed by atoms with E-state index >= 15 is 0 Å². The first-order chi connectivity index (χ1) is 19.4. The van der Waals surface area contributed by atoms with Gasteiger partial charge < -0.3 is 18.9 Å². The second-order valence-corrected chi connectivity index (χ2v) is 9.12. The first-order valence-corrected chi connectivity index (χ1v) is 12.7. The molecule has 204 valence electrons. The number of halogens is 2. The summed E-state index contributed by atoms with van der Waals surface area (Å²) < 4.78 is 21.7. The number of amides is 1. The molecule has 0 fully saturated rings. The van der Waals surface area contributed by atoms with Crippen LogP contribution >= 0.6 is 23.2 Å². The average molecular weight is 579 g/mol. The summed E-state index contributed by atoms with van der Waals surface area (Å²) >= 11 is 12.1. The zero-order valence-corrected chi connectivity index (χ0v) is 23.0. The third-order valence-electron chi connectivity index (χ3n) is 5.62. The Morgan fingerprint density at radius 3 is 2.17 bits per heavy atom. The van der Waals surface area contributed by atoms with Gasteiger partial charge in [0, 0.05) is 21.2 Å². The normalized spacial score (nSPS) is 10.7. The molecule has 0 radical (unpaired) electrons. The Bertz CT molecular complexity index is 1520. The van der Waals surface area contributed by atoms with E-state index in [1.165, 1.54) is 13.3 Å². The smallest absolute Gasteiger partial charge is 0.343 e. The molecular weight excluding hydrogens is 555 g/mol. The highest BCUT2D eigenvalue weighted by Crippen LogP contribution is 2.29. The van der Waals surface area contributed by atoms with E-state index in [0.29, 0.717) is 44.0 Å². The number of hydrogen-bond donors (Lipinski definition) is 1. The highest BCUT2D eigenvalue weighted by atomic mass is 35.5. The van der Waals surface area contributed by atoms with E-state index in [1.807, 2.05) is 0 Å². The van der Waals surface area contributed by atoms with E-state index in [9.17, 15) is 9.59 Å². The van der Waals surface area contributed by atoms with Crippen molar-refractivity contribution in [3.63, 3.8) is 0 Å². The van der Waals surface area contributed by atoms with E-state index in [-0.39, 0.29) is 12.4 Å². The molecule has 4 aromatic rings. The van der Waals surface area contributed by atoms with Crippen molar-refractivity contribution in [2.24, 2.45) is 5.10 Å². The van der Waals surface area contributed by atoms with Crippen LogP contribution in [0.1, 0.15) is 31.8 Å². The minimum atomic E-state index is -0.542. The summed E-state index contributed by atoms with van der Waals surface area (Å²) in [5.74, 6) is 0.830. The fourth-order valence-corrected chi connectivity index (χ4v) is 3.93. The van der Waals surface area contributed by atoms with Crippen molar-refractivity contribution in [1.82, 2.24) is 5.43 Å². The van der Waals surface area contributed by atoms with Crippen LogP contribution in [0, 0.1) is 0 Å². The van der Waals surface area contributed by atoms with Crippen LogP contribution in [0.5, 0.6) is 23.0 Å². The van der Waals surface area contributed by atoms with Crippen LogP contribution in [0.4, 0.5) is 0 Å². The Labute approximate surface area is 241 Å². The number of esters is 1. The summed E-state index contributed by atoms with van der Waals surface area (Å²) in [6, 6.07) is 23.2. The van der Waals surface area contributed by atoms with Gasteiger partial charge in [-0.2, -0.15) is 5.10 Å². The summed E-state index contributed by atoms with van der Waals surface area (Å²) in [4.78, 5) is 25.0. The van der Waals surface area contributed by atoms with Crippen molar-refractivity contribution in [1.29, 1.82) is 0 Å². The lowest BCUT2D eigenvalue weighted by molar-refractivity contribution is 0.0729. The zero-order chi connectivity index (χ0) is 28.5. The van der Waals surface area contributed by atoms with Crippen molar-refractivity contribution < 1.29 is 28.5 Å². The van der Waals surface area contributed by atoms with Crippen LogP contribution in [0.15, 0.2) is 90.0 Å². The van der Waals surface area contributed by atoms with Gasteiger partial charge in [0.2, 0.25) is 0 Å². The molecule has 4 aromatic carbocycles. The summed E-state index contributed by atoms with van der Waals surface area (Å²) in [6.45, 7) is 0.259. The van der Waals surface area contributed by atoms with Gasteiger partial charge in [0.25, 0.3) is 5.91 Å². The van der Waals surface area contributed by atoms with E-state index in [0.717, 1.165) is 5.56 Å². The van der Waals surface area contributed by atoms with Gasteiger partial charge >= 0.3 is 5.97 Å². The van der Waals surface area contributed by atoms with E-state index < -0.39 is 11.9 Å². The number of ether oxygens (including phenoxy) is 4. The number of hydrazone groups is 1. The topological polar surface area (TPSA) is 95.5 Å². The van der Waals surface area contributed by atoms with E-state index in [2.05, 4.69) is 10.5 Å². The second-order valence-electron chi connectivity index (χ2n) is 8.28. The number of carbonyl (C=O) groups is 2. The van der Waals surface area contributed by atoms with Crippen molar-refractivity contribution in [3.8, 4) is 23.0 Å². The molecule has 1 N–H and O–H groups in total. The number of methoxy groups -OCH3 is 2. The lowest BCUT2D eigenvalue weighted by Gasteiger charge is -2.10. The van der Waals surface area contributed by atoms with Crippen LogP contribution < -0.4 is 24.4 Å². The predicted molar refractivity (Wildman–Crippen MR) is 153 cm³/mol. The van der Waals surface area contributed by atoms with Crippen molar-refractivity contribution in [3.05, 3.63) is 117 Å². The zero-order valence-electron chi connectivity index (χ0n) is 21.5. The Kier molecular flexibility index (Phi) is 9.62. The van der Waals surface area contributed by atoms with Gasteiger partial charge in [-0.05, 0) is 84.4 Å². The maximum atomic E-state index is 12.5. The molecule has 0 atom stereocenters. The molecule has 0 bridgehead atoms. The number of nitrogens with one attached hydrogen (secondary N) is 1. The maximum Gasteiger partial charge on any atom is 0.343 e. The van der Waals surface area contributed by atoms with Crippen LogP contribution in [-0.4, -0.2) is 32.3 Å². The van der Waals surface area contributed by atoms with Crippen LogP contribution in [0.25, 0.3) is 0 Å². The predicted octanol–water partition coefficient (Wildman–Crippen LogP) is 6.57. The van der Waals surface area contributed by atoms with Crippen molar-refractivity contribution >= 4 is 41.3 Å². The number of hydrogen-bond acceptors (Lipinski definition) is 7. The average Bonchev–Trinajstić information content (AvgIpc) is 2.97. The fraction of sp³-hybridized carbons (Fsp3) is 0.100. The van der Waals surface area contributed by atoms with Crippen LogP contribution in [0.2, 0.25) is 10.0 Å². The molecule has 1 amide bonds. The fourth-order valence-electron chi connectivity index (χ4n) is 3.47. The number of carbonyl (C=O) groups excluding carboxylic acids is 2. The highest BCUT2D eigenvalue weighted by molar-refractivity contribution is 6.35. The molecule has 0 unspecified atom stereocenters. The van der Waals surface area contributed by atoms with Gasteiger partial charge in [-0.25, -0.2) is 10.2 Å². The first-order valence-electron chi connectivity index (χ1n) is 11.9. The monoisotopic (exact) mass is 578 g/mol. The van der Waals surface area contributed by atoms with E-state index in [4.69, 9.17) is 42.1 Å². The minimum Gasteiger partial charge on any atom is -0.497 e. The Morgan fingerprint density at radius 1 is 0.800 bits per heavy atom. The molecule has 40 heavy (non-hydrogen) atoms. The molecule has 0 saturated carbocycles. The van der Waals surface area contributed by atoms with Crippen molar-refractivity contribution in [2.45, 2.75) is 6.61 Å². The molecule has 0 spiro atoms. The summed E-state index contributed by atoms with van der Waals surface area (Å²) in [6.07, 6.45) is 1.45. The lowest BCUT2D eigenvalue weighted by atomic mass is 10.2.